The molecule has 0 bridgehead atoms. The highest BCUT2D eigenvalue weighted by Crippen LogP contribution is 2.22. The summed E-state index contributed by atoms with van der Waals surface area (Å²) < 4.78 is 36.2. The number of sulfone groups is 1. The minimum Gasteiger partial charge on any atom is -0.350 e. The molecule has 0 aromatic heterocycles. The molecular formula is C23H29FN2O4S. The van der Waals surface area contributed by atoms with Crippen molar-refractivity contribution in [2.45, 2.75) is 45.2 Å². The highest BCUT2D eigenvalue weighted by Gasteiger charge is 2.23. The molecule has 0 aliphatic rings. The lowest BCUT2D eigenvalue weighted by molar-refractivity contribution is -0.123. The monoisotopic (exact) mass is 448 g/mol. The van der Waals surface area contributed by atoms with E-state index in [-0.39, 0.29) is 30.0 Å². The van der Waals surface area contributed by atoms with E-state index in [0.29, 0.717) is 11.1 Å². The normalized spacial score (nSPS) is 12.8. The number of halogens is 1. The lowest BCUT2D eigenvalue weighted by Gasteiger charge is -2.20. The number of hydrogen-bond donors (Lipinski definition) is 2. The van der Waals surface area contributed by atoms with Crippen LogP contribution in [0.15, 0.2) is 48.5 Å². The maximum Gasteiger partial charge on any atom is 0.251 e. The molecule has 2 rings (SSSR count). The molecule has 0 spiro atoms. The molecule has 2 aromatic rings. The van der Waals surface area contributed by atoms with Gasteiger partial charge in [0.05, 0.1) is 5.75 Å². The SMILES string of the molecule is CC(C)(C)c1ccc(C(=O)N[C@@H](CCS(C)(=O)=O)C(=O)NCc2ccc(F)cc2)cc1. The number of benzene rings is 2. The molecule has 2 amide bonds. The van der Waals surface area contributed by atoms with Crippen LogP contribution in [0.1, 0.15) is 48.7 Å². The van der Waals surface area contributed by atoms with Gasteiger partial charge in [-0.05, 0) is 47.2 Å². The molecule has 2 aromatic carbocycles. The molecule has 0 saturated carbocycles. The molecule has 0 aliphatic carbocycles. The average Bonchev–Trinajstić information content (AvgIpc) is 2.69. The first kappa shape index (κ1) is 24.5. The largest absolute Gasteiger partial charge is 0.350 e. The second kappa shape index (κ2) is 10.0. The molecule has 31 heavy (non-hydrogen) atoms. The predicted octanol–water partition coefficient (Wildman–Crippen LogP) is 2.97. The lowest BCUT2D eigenvalue weighted by atomic mass is 9.86. The number of carbonyl (C=O) groups excluding carboxylic acids is 2. The third-order valence-electron chi connectivity index (χ3n) is 4.79. The van der Waals surface area contributed by atoms with Gasteiger partial charge in [0.2, 0.25) is 5.91 Å². The molecule has 1 atom stereocenters. The summed E-state index contributed by atoms with van der Waals surface area (Å²) in [6.07, 6.45) is 1.02. The average molecular weight is 449 g/mol. The summed E-state index contributed by atoms with van der Waals surface area (Å²) in [7, 11) is -3.32. The molecule has 2 N–H and O–H groups in total. The van der Waals surface area contributed by atoms with Crippen molar-refractivity contribution in [3.63, 3.8) is 0 Å². The third kappa shape index (κ3) is 8.13. The van der Waals surface area contributed by atoms with Crippen molar-refractivity contribution in [2.24, 2.45) is 0 Å². The Balaban J connectivity index is 2.09. The maximum atomic E-state index is 13.0. The maximum absolute atomic E-state index is 13.0. The standard InChI is InChI=1S/C23H29FN2O4S/c1-23(2,3)18-9-7-17(8-10-18)21(27)26-20(13-14-31(4,29)30)22(28)25-15-16-5-11-19(24)12-6-16/h5-12,20H,13-15H2,1-4H3,(H,25,28)(H,26,27)/t20-/m0/s1. The van der Waals surface area contributed by atoms with Gasteiger partial charge in [-0.1, -0.05) is 45.0 Å². The van der Waals surface area contributed by atoms with Gasteiger partial charge in [-0.2, -0.15) is 0 Å². The summed E-state index contributed by atoms with van der Waals surface area (Å²) in [5.74, 6) is -1.60. The Morgan fingerprint density at radius 3 is 2.10 bits per heavy atom. The van der Waals surface area contributed by atoms with Crippen molar-refractivity contribution >= 4 is 21.7 Å². The molecule has 168 valence electrons. The highest BCUT2D eigenvalue weighted by molar-refractivity contribution is 7.90. The Morgan fingerprint density at radius 1 is 1.00 bits per heavy atom. The van der Waals surface area contributed by atoms with Crippen LogP contribution in [0.5, 0.6) is 0 Å². The summed E-state index contributed by atoms with van der Waals surface area (Å²) in [6.45, 7) is 6.32. The van der Waals surface area contributed by atoms with Crippen LogP contribution in [-0.2, 0) is 26.6 Å². The van der Waals surface area contributed by atoms with Crippen molar-refractivity contribution < 1.29 is 22.4 Å². The minimum absolute atomic E-state index is 0.0557. The molecule has 6 nitrogen and oxygen atoms in total. The topological polar surface area (TPSA) is 92.3 Å². The van der Waals surface area contributed by atoms with Crippen LogP contribution in [0.2, 0.25) is 0 Å². The van der Waals surface area contributed by atoms with Gasteiger partial charge in [0.25, 0.3) is 5.91 Å². The van der Waals surface area contributed by atoms with Crippen molar-refractivity contribution in [1.29, 1.82) is 0 Å². The number of rotatable bonds is 8. The van der Waals surface area contributed by atoms with Gasteiger partial charge < -0.3 is 10.6 Å². The zero-order valence-electron chi connectivity index (χ0n) is 18.2. The summed E-state index contributed by atoms with van der Waals surface area (Å²) in [5, 5.41) is 5.30. The van der Waals surface area contributed by atoms with Crippen LogP contribution < -0.4 is 10.6 Å². The fourth-order valence-corrected chi connectivity index (χ4v) is 3.54. The van der Waals surface area contributed by atoms with Crippen LogP contribution in [-0.4, -0.2) is 38.3 Å². The van der Waals surface area contributed by atoms with Gasteiger partial charge in [-0.25, -0.2) is 12.8 Å². The quantitative estimate of drug-likeness (QED) is 0.649. The van der Waals surface area contributed by atoms with Crippen molar-refractivity contribution in [2.75, 3.05) is 12.0 Å². The van der Waals surface area contributed by atoms with Crippen LogP contribution in [0.3, 0.4) is 0 Å². The first-order valence-electron chi connectivity index (χ1n) is 9.96. The third-order valence-corrected chi connectivity index (χ3v) is 5.77. The van der Waals surface area contributed by atoms with E-state index < -0.39 is 27.7 Å². The number of amides is 2. The predicted molar refractivity (Wildman–Crippen MR) is 119 cm³/mol. The summed E-state index contributed by atoms with van der Waals surface area (Å²) in [5.41, 5.74) is 2.06. The van der Waals surface area contributed by atoms with E-state index in [2.05, 4.69) is 31.4 Å². The molecule has 0 radical (unpaired) electrons. The number of carbonyl (C=O) groups is 2. The summed E-state index contributed by atoms with van der Waals surface area (Å²) in [4.78, 5) is 25.3. The van der Waals surface area contributed by atoms with E-state index in [0.717, 1.165) is 11.8 Å². The molecule has 0 aliphatic heterocycles. The number of hydrogen-bond acceptors (Lipinski definition) is 4. The Kier molecular flexibility index (Phi) is 7.95. The molecular weight excluding hydrogens is 419 g/mol. The van der Waals surface area contributed by atoms with Gasteiger partial charge in [0, 0.05) is 18.4 Å². The Bertz CT molecular complexity index is 1010. The second-order valence-corrected chi connectivity index (χ2v) is 10.9. The van der Waals surface area contributed by atoms with Gasteiger partial charge in [-0.3, -0.25) is 9.59 Å². The zero-order valence-corrected chi connectivity index (χ0v) is 19.1. The zero-order chi connectivity index (χ0) is 23.2. The van der Waals surface area contributed by atoms with E-state index in [1.54, 1.807) is 12.1 Å². The van der Waals surface area contributed by atoms with E-state index in [4.69, 9.17) is 0 Å². The molecule has 0 saturated heterocycles. The van der Waals surface area contributed by atoms with Crippen LogP contribution >= 0.6 is 0 Å². The highest BCUT2D eigenvalue weighted by atomic mass is 32.2. The fraction of sp³-hybridized carbons (Fsp3) is 0.391. The molecule has 0 unspecified atom stereocenters. The van der Waals surface area contributed by atoms with Crippen LogP contribution in [0.4, 0.5) is 4.39 Å². The van der Waals surface area contributed by atoms with E-state index in [9.17, 15) is 22.4 Å². The van der Waals surface area contributed by atoms with E-state index in [1.165, 1.54) is 24.3 Å². The Hall–Kier alpha value is -2.74. The van der Waals surface area contributed by atoms with E-state index >= 15 is 0 Å². The first-order valence-corrected chi connectivity index (χ1v) is 12.0. The van der Waals surface area contributed by atoms with E-state index in [1.807, 2.05) is 12.1 Å². The van der Waals surface area contributed by atoms with Gasteiger partial charge in [0.15, 0.2) is 0 Å². The second-order valence-electron chi connectivity index (χ2n) is 8.62. The van der Waals surface area contributed by atoms with Crippen molar-refractivity contribution in [3.8, 4) is 0 Å². The van der Waals surface area contributed by atoms with Crippen molar-refractivity contribution in [3.05, 3.63) is 71.0 Å². The van der Waals surface area contributed by atoms with Crippen molar-refractivity contribution in [1.82, 2.24) is 10.6 Å². The molecule has 0 heterocycles. The Morgan fingerprint density at radius 2 is 1.58 bits per heavy atom. The molecule has 0 fully saturated rings. The Labute approximate surface area is 183 Å². The van der Waals surface area contributed by atoms with Crippen LogP contribution in [0, 0.1) is 5.82 Å². The van der Waals surface area contributed by atoms with Gasteiger partial charge in [-0.15, -0.1) is 0 Å². The summed E-state index contributed by atoms with van der Waals surface area (Å²) >= 11 is 0. The lowest BCUT2D eigenvalue weighted by Crippen LogP contribution is -2.47. The minimum atomic E-state index is -3.32. The molecule has 8 heteroatoms. The van der Waals surface area contributed by atoms with Gasteiger partial charge >= 0.3 is 0 Å². The summed E-state index contributed by atoms with van der Waals surface area (Å²) in [6, 6.07) is 11.7. The number of nitrogens with one attached hydrogen (secondary N) is 2. The van der Waals surface area contributed by atoms with Gasteiger partial charge in [0.1, 0.15) is 21.7 Å². The fourth-order valence-electron chi connectivity index (χ4n) is 2.88. The smallest absolute Gasteiger partial charge is 0.251 e. The first-order chi connectivity index (χ1) is 14.3. The van der Waals surface area contributed by atoms with Crippen LogP contribution in [0.25, 0.3) is 0 Å².